The third kappa shape index (κ3) is 6.32. The van der Waals surface area contributed by atoms with Crippen LogP contribution >= 0.6 is 0 Å². The van der Waals surface area contributed by atoms with Crippen molar-refractivity contribution in [2.45, 2.75) is 19.3 Å². The van der Waals surface area contributed by atoms with E-state index in [-0.39, 0.29) is 17.9 Å². The Labute approximate surface area is 99.7 Å². The van der Waals surface area contributed by atoms with Gasteiger partial charge in [0, 0.05) is 12.7 Å². The number of unbranched alkanes of at least 4 members (excludes halogenated alkanes) is 2. The Hall–Kier alpha value is -1.88. The molecule has 0 aliphatic heterocycles. The minimum Gasteiger partial charge on any atom is -0.507 e. The molecule has 0 saturated carbocycles. The van der Waals surface area contributed by atoms with E-state index >= 15 is 0 Å². The predicted molar refractivity (Wildman–Crippen MR) is 62.1 cm³/mol. The van der Waals surface area contributed by atoms with E-state index in [0.29, 0.717) is 19.3 Å². The van der Waals surface area contributed by atoms with Crippen LogP contribution in [0, 0.1) is 0 Å². The van der Waals surface area contributed by atoms with Gasteiger partial charge in [-0.05, 0) is 25.3 Å². The van der Waals surface area contributed by atoms with Crippen molar-refractivity contribution < 1.29 is 24.5 Å². The quantitative estimate of drug-likeness (QED) is 0.175. The molecule has 0 aliphatic carbocycles. The summed E-state index contributed by atoms with van der Waals surface area (Å²) in [5.74, 6) is -2.24. The van der Waals surface area contributed by atoms with Gasteiger partial charge >= 0.3 is 11.9 Å². The van der Waals surface area contributed by atoms with Crippen LogP contribution in [0.15, 0.2) is 36.6 Å². The topological polar surface area (TPSA) is 83.8 Å². The first-order chi connectivity index (χ1) is 8.02. The van der Waals surface area contributed by atoms with Gasteiger partial charge in [-0.3, -0.25) is 0 Å². The van der Waals surface area contributed by atoms with Crippen LogP contribution in [0.4, 0.5) is 0 Å². The maximum absolute atomic E-state index is 11.2. The average molecular weight is 240 g/mol. The lowest BCUT2D eigenvalue weighted by Gasteiger charge is -2.03. The number of rotatable bonds is 7. The summed E-state index contributed by atoms with van der Waals surface area (Å²) in [5.41, 5.74) is -0.288. The molecule has 0 aromatic rings. The van der Waals surface area contributed by atoms with Crippen molar-refractivity contribution in [1.82, 2.24) is 0 Å². The molecule has 94 valence electrons. The standard InChI is InChI=1S/C12H16O5/c1-3-11(15)17-12(16)9(2)10(14)7-5-4-6-8-13/h3,7,13-14H,1-2,4-6,8H2. The molecule has 0 saturated heterocycles. The lowest BCUT2D eigenvalue weighted by atomic mass is 10.2. The van der Waals surface area contributed by atoms with Crippen molar-refractivity contribution in [2.75, 3.05) is 6.61 Å². The molecule has 0 bridgehead atoms. The third-order valence-electron chi connectivity index (χ3n) is 1.87. The molecule has 5 nitrogen and oxygen atoms in total. The summed E-state index contributed by atoms with van der Waals surface area (Å²) in [6.07, 6.45) is 4.00. The lowest BCUT2D eigenvalue weighted by Crippen LogP contribution is -2.13. The molecule has 5 heteroatoms. The molecular weight excluding hydrogens is 224 g/mol. The Morgan fingerprint density at radius 1 is 1.29 bits per heavy atom. The fourth-order valence-electron chi connectivity index (χ4n) is 0.917. The number of aliphatic hydroxyl groups excluding tert-OH is 2. The molecule has 0 fully saturated rings. The first kappa shape index (κ1) is 15.1. The molecule has 17 heavy (non-hydrogen) atoms. The minimum absolute atomic E-state index is 0.0748. The van der Waals surface area contributed by atoms with E-state index in [0.717, 1.165) is 6.08 Å². The minimum atomic E-state index is -1.01. The summed E-state index contributed by atoms with van der Waals surface area (Å²) in [6.45, 7) is 6.52. The van der Waals surface area contributed by atoms with Crippen LogP contribution in [0.25, 0.3) is 0 Å². The maximum atomic E-state index is 11.2. The van der Waals surface area contributed by atoms with Gasteiger partial charge in [0.15, 0.2) is 0 Å². The van der Waals surface area contributed by atoms with Crippen molar-refractivity contribution in [3.05, 3.63) is 36.6 Å². The van der Waals surface area contributed by atoms with Crippen molar-refractivity contribution in [3.63, 3.8) is 0 Å². The molecule has 0 unspecified atom stereocenters. The molecule has 0 amide bonds. The van der Waals surface area contributed by atoms with E-state index in [1.165, 1.54) is 6.08 Å². The van der Waals surface area contributed by atoms with Gasteiger partial charge in [0.05, 0.1) is 5.57 Å². The SMILES string of the molecule is C=CC(=O)OC(=O)C(=C)C(O)=CCCCCO. The molecule has 0 spiro atoms. The lowest BCUT2D eigenvalue weighted by molar-refractivity contribution is -0.153. The molecule has 0 aliphatic rings. The Kier molecular flexibility index (Phi) is 7.38. The number of ether oxygens (including phenoxy) is 1. The number of carbonyl (C=O) groups is 2. The summed E-state index contributed by atoms with van der Waals surface area (Å²) in [7, 11) is 0. The monoisotopic (exact) mass is 240 g/mol. The second-order valence-corrected chi connectivity index (χ2v) is 3.20. The highest BCUT2D eigenvalue weighted by Gasteiger charge is 2.15. The van der Waals surface area contributed by atoms with Crippen molar-refractivity contribution in [2.24, 2.45) is 0 Å². The van der Waals surface area contributed by atoms with E-state index < -0.39 is 11.9 Å². The highest BCUT2D eigenvalue weighted by atomic mass is 16.6. The number of allylic oxidation sites excluding steroid dienone is 1. The van der Waals surface area contributed by atoms with E-state index in [1.54, 1.807) is 0 Å². The highest BCUT2D eigenvalue weighted by molar-refractivity contribution is 6.01. The normalized spacial score (nSPS) is 10.8. The van der Waals surface area contributed by atoms with Gasteiger partial charge < -0.3 is 14.9 Å². The zero-order valence-corrected chi connectivity index (χ0v) is 9.52. The van der Waals surface area contributed by atoms with Gasteiger partial charge in [-0.25, -0.2) is 9.59 Å². The second-order valence-electron chi connectivity index (χ2n) is 3.20. The van der Waals surface area contributed by atoms with Gasteiger partial charge in [-0.2, -0.15) is 0 Å². The number of aliphatic hydroxyl groups is 2. The summed E-state index contributed by atoms with van der Waals surface area (Å²) in [6, 6.07) is 0. The van der Waals surface area contributed by atoms with Crippen LogP contribution in [0.2, 0.25) is 0 Å². The van der Waals surface area contributed by atoms with Crippen LogP contribution < -0.4 is 0 Å². The fraction of sp³-hybridized carbons (Fsp3) is 0.333. The smallest absolute Gasteiger partial charge is 0.349 e. The Morgan fingerprint density at radius 2 is 1.94 bits per heavy atom. The molecule has 0 aromatic carbocycles. The zero-order chi connectivity index (χ0) is 13.3. The Morgan fingerprint density at radius 3 is 2.47 bits per heavy atom. The molecule has 0 atom stereocenters. The van der Waals surface area contributed by atoms with Gasteiger partial charge in [0.2, 0.25) is 0 Å². The number of hydrogen-bond acceptors (Lipinski definition) is 5. The number of carbonyl (C=O) groups excluding carboxylic acids is 2. The van der Waals surface area contributed by atoms with Gasteiger partial charge in [0.25, 0.3) is 0 Å². The summed E-state index contributed by atoms with van der Waals surface area (Å²) < 4.78 is 4.27. The summed E-state index contributed by atoms with van der Waals surface area (Å²) in [5, 5.41) is 18.0. The van der Waals surface area contributed by atoms with Crippen LogP contribution in [-0.2, 0) is 14.3 Å². The maximum Gasteiger partial charge on any atom is 0.349 e. The van der Waals surface area contributed by atoms with Crippen LogP contribution in [-0.4, -0.2) is 28.8 Å². The Balaban J connectivity index is 4.24. The fourth-order valence-corrected chi connectivity index (χ4v) is 0.917. The number of hydrogen-bond donors (Lipinski definition) is 2. The van der Waals surface area contributed by atoms with E-state index in [9.17, 15) is 14.7 Å². The average Bonchev–Trinajstić information content (AvgIpc) is 2.33. The van der Waals surface area contributed by atoms with E-state index in [4.69, 9.17) is 5.11 Å². The molecule has 2 N–H and O–H groups in total. The molecule has 0 radical (unpaired) electrons. The Bertz CT molecular complexity index is 341. The van der Waals surface area contributed by atoms with Gasteiger partial charge in [0.1, 0.15) is 5.76 Å². The van der Waals surface area contributed by atoms with Crippen LogP contribution in [0.3, 0.4) is 0 Å². The largest absolute Gasteiger partial charge is 0.507 e. The summed E-state index contributed by atoms with van der Waals surface area (Å²) in [4.78, 5) is 21.9. The number of esters is 2. The van der Waals surface area contributed by atoms with Crippen molar-refractivity contribution >= 4 is 11.9 Å². The van der Waals surface area contributed by atoms with Gasteiger partial charge in [-0.1, -0.05) is 13.2 Å². The van der Waals surface area contributed by atoms with Crippen LogP contribution in [0.5, 0.6) is 0 Å². The third-order valence-corrected chi connectivity index (χ3v) is 1.87. The predicted octanol–water partition coefficient (Wildman–Crippen LogP) is 1.40. The van der Waals surface area contributed by atoms with E-state index in [1.807, 2.05) is 0 Å². The van der Waals surface area contributed by atoms with Crippen LogP contribution in [0.1, 0.15) is 19.3 Å². The summed E-state index contributed by atoms with van der Waals surface area (Å²) >= 11 is 0. The molecule has 0 heterocycles. The molecule has 0 aromatic heterocycles. The van der Waals surface area contributed by atoms with E-state index in [2.05, 4.69) is 17.9 Å². The first-order valence-corrected chi connectivity index (χ1v) is 5.10. The van der Waals surface area contributed by atoms with Crippen molar-refractivity contribution in [1.29, 1.82) is 0 Å². The zero-order valence-electron chi connectivity index (χ0n) is 9.52. The van der Waals surface area contributed by atoms with Gasteiger partial charge in [-0.15, -0.1) is 0 Å². The van der Waals surface area contributed by atoms with Crippen molar-refractivity contribution in [3.8, 4) is 0 Å². The second kappa shape index (κ2) is 8.29. The molecule has 0 rings (SSSR count). The first-order valence-electron chi connectivity index (χ1n) is 5.10. The molecular formula is C12H16O5. The highest BCUT2D eigenvalue weighted by Crippen LogP contribution is 2.09.